The van der Waals surface area contributed by atoms with Gasteiger partial charge in [0.15, 0.2) is 0 Å². The quantitative estimate of drug-likeness (QED) is 0.843. The molecule has 0 aliphatic carbocycles. The van der Waals surface area contributed by atoms with Crippen molar-refractivity contribution in [1.29, 1.82) is 0 Å². The number of hydrogen-bond donors (Lipinski definition) is 1. The van der Waals surface area contributed by atoms with Crippen LogP contribution in [0.1, 0.15) is 17.2 Å². The van der Waals surface area contributed by atoms with E-state index >= 15 is 0 Å². The van der Waals surface area contributed by atoms with Crippen LogP contribution in [0.5, 0.6) is 5.75 Å². The van der Waals surface area contributed by atoms with Crippen LogP contribution in [0.3, 0.4) is 0 Å². The second-order valence-corrected chi connectivity index (χ2v) is 3.82. The molecular weight excluding hydrogens is 244 g/mol. The average Bonchev–Trinajstić information content (AvgIpc) is 2.20. The molecular formula is C11H13BrO2. The maximum atomic E-state index is 9.73. The molecule has 2 nitrogen and oxygen atoms in total. The van der Waals surface area contributed by atoms with Crippen LogP contribution >= 0.6 is 15.9 Å². The number of aliphatic hydroxyl groups is 1. The Morgan fingerprint density at radius 1 is 1.57 bits per heavy atom. The van der Waals surface area contributed by atoms with Crippen LogP contribution < -0.4 is 4.74 Å². The molecule has 0 fully saturated rings. The van der Waals surface area contributed by atoms with E-state index in [9.17, 15) is 5.11 Å². The van der Waals surface area contributed by atoms with Gasteiger partial charge in [-0.15, -0.1) is 6.58 Å². The van der Waals surface area contributed by atoms with Crippen LogP contribution in [0.15, 0.2) is 29.3 Å². The van der Waals surface area contributed by atoms with Crippen molar-refractivity contribution in [2.75, 3.05) is 7.11 Å². The molecule has 0 saturated heterocycles. The molecule has 1 N–H and O–H groups in total. The van der Waals surface area contributed by atoms with Gasteiger partial charge in [0.25, 0.3) is 0 Å². The summed E-state index contributed by atoms with van der Waals surface area (Å²) in [6.45, 7) is 5.49. The van der Waals surface area contributed by atoms with Crippen LogP contribution in [-0.2, 0) is 0 Å². The Kier molecular flexibility index (Phi) is 3.72. The molecule has 1 aromatic carbocycles. The average molecular weight is 257 g/mol. The van der Waals surface area contributed by atoms with Gasteiger partial charge in [-0.05, 0) is 24.6 Å². The second kappa shape index (κ2) is 4.62. The summed E-state index contributed by atoms with van der Waals surface area (Å²) in [6, 6.07) is 3.71. The van der Waals surface area contributed by atoms with Crippen LogP contribution in [0.4, 0.5) is 0 Å². The maximum absolute atomic E-state index is 9.73. The van der Waals surface area contributed by atoms with E-state index in [0.29, 0.717) is 5.75 Å². The molecule has 1 atom stereocenters. The zero-order valence-electron chi connectivity index (χ0n) is 8.25. The van der Waals surface area contributed by atoms with E-state index in [-0.39, 0.29) is 0 Å². The lowest BCUT2D eigenvalue weighted by atomic mass is 10.0. The van der Waals surface area contributed by atoms with Gasteiger partial charge in [-0.3, -0.25) is 0 Å². The molecule has 0 aliphatic rings. The zero-order valence-corrected chi connectivity index (χ0v) is 9.84. The third-order valence-electron chi connectivity index (χ3n) is 2.15. The molecule has 0 spiro atoms. The third kappa shape index (κ3) is 1.99. The molecule has 0 aromatic heterocycles. The van der Waals surface area contributed by atoms with Crippen LogP contribution in [-0.4, -0.2) is 12.2 Å². The van der Waals surface area contributed by atoms with E-state index in [4.69, 9.17) is 4.74 Å². The smallest absolute Gasteiger partial charge is 0.125 e. The van der Waals surface area contributed by atoms with Gasteiger partial charge in [0, 0.05) is 10.0 Å². The summed E-state index contributed by atoms with van der Waals surface area (Å²) in [7, 11) is 1.59. The Hall–Kier alpha value is -0.800. The lowest BCUT2D eigenvalue weighted by Crippen LogP contribution is -2.01. The van der Waals surface area contributed by atoms with E-state index in [1.807, 2.05) is 19.1 Å². The van der Waals surface area contributed by atoms with Crippen molar-refractivity contribution in [1.82, 2.24) is 0 Å². The zero-order chi connectivity index (χ0) is 10.7. The number of ether oxygens (including phenoxy) is 1. The molecule has 0 bridgehead atoms. The molecule has 0 aliphatic heterocycles. The van der Waals surface area contributed by atoms with Gasteiger partial charge >= 0.3 is 0 Å². The summed E-state index contributed by atoms with van der Waals surface area (Å²) < 4.78 is 6.13. The SMILES string of the molecule is C=CC(O)c1c(OC)ccc(Br)c1C. The first-order chi connectivity index (χ1) is 6.61. The number of halogens is 1. The predicted molar refractivity (Wildman–Crippen MR) is 60.6 cm³/mol. The molecule has 0 radical (unpaired) electrons. The first-order valence-corrected chi connectivity index (χ1v) is 5.04. The summed E-state index contributed by atoms with van der Waals surface area (Å²) in [6.07, 6.45) is 0.791. The molecule has 1 unspecified atom stereocenters. The van der Waals surface area contributed by atoms with Crippen LogP contribution in [0.25, 0.3) is 0 Å². The highest BCUT2D eigenvalue weighted by molar-refractivity contribution is 9.10. The highest BCUT2D eigenvalue weighted by atomic mass is 79.9. The van der Waals surface area contributed by atoms with Gasteiger partial charge in [-0.1, -0.05) is 22.0 Å². The minimum Gasteiger partial charge on any atom is -0.496 e. The highest BCUT2D eigenvalue weighted by Crippen LogP contribution is 2.33. The van der Waals surface area contributed by atoms with Crippen LogP contribution in [0, 0.1) is 6.92 Å². The fourth-order valence-corrected chi connectivity index (χ4v) is 1.69. The number of rotatable bonds is 3. The first kappa shape index (κ1) is 11.3. The summed E-state index contributed by atoms with van der Waals surface area (Å²) in [4.78, 5) is 0. The van der Waals surface area contributed by atoms with Crippen molar-refractivity contribution in [3.8, 4) is 5.75 Å². The standard InChI is InChI=1S/C11H13BrO2/c1-4-9(13)11-7(2)8(12)5-6-10(11)14-3/h4-6,9,13H,1H2,2-3H3. The van der Waals surface area contributed by atoms with E-state index in [1.54, 1.807) is 7.11 Å². The normalized spacial score (nSPS) is 12.3. The van der Waals surface area contributed by atoms with Gasteiger partial charge in [0.2, 0.25) is 0 Å². The van der Waals surface area contributed by atoms with Crippen LogP contribution in [0.2, 0.25) is 0 Å². The van der Waals surface area contributed by atoms with Crippen molar-refractivity contribution >= 4 is 15.9 Å². The highest BCUT2D eigenvalue weighted by Gasteiger charge is 2.14. The largest absolute Gasteiger partial charge is 0.496 e. The lowest BCUT2D eigenvalue weighted by molar-refractivity contribution is 0.222. The first-order valence-electron chi connectivity index (χ1n) is 4.25. The van der Waals surface area contributed by atoms with Crippen molar-refractivity contribution < 1.29 is 9.84 Å². The molecule has 0 heterocycles. The number of methoxy groups -OCH3 is 1. The molecule has 0 saturated carbocycles. The fourth-order valence-electron chi connectivity index (χ4n) is 1.34. The Morgan fingerprint density at radius 3 is 2.71 bits per heavy atom. The maximum Gasteiger partial charge on any atom is 0.125 e. The van der Waals surface area contributed by atoms with Crippen molar-refractivity contribution in [3.05, 3.63) is 40.4 Å². The van der Waals surface area contributed by atoms with Crippen molar-refractivity contribution in [2.45, 2.75) is 13.0 Å². The Bertz CT molecular complexity index is 347. The second-order valence-electron chi connectivity index (χ2n) is 2.97. The molecule has 0 amide bonds. The monoisotopic (exact) mass is 256 g/mol. The Morgan fingerprint density at radius 2 is 2.21 bits per heavy atom. The van der Waals surface area contributed by atoms with Gasteiger partial charge < -0.3 is 9.84 Å². The van der Waals surface area contributed by atoms with E-state index in [0.717, 1.165) is 15.6 Å². The van der Waals surface area contributed by atoms with Crippen molar-refractivity contribution in [2.24, 2.45) is 0 Å². The molecule has 1 rings (SSSR count). The van der Waals surface area contributed by atoms with E-state index in [1.165, 1.54) is 6.08 Å². The lowest BCUT2D eigenvalue weighted by Gasteiger charge is -2.15. The van der Waals surface area contributed by atoms with Gasteiger partial charge in [0.05, 0.1) is 7.11 Å². The topological polar surface area (TPSA) is 29.5 Å². The molecule has 14 heavy (non-hydrogen) atoms. The van der Waals surface area contributed by atoms with Gasteiger partial charge in [0.1, 0.15) is 11.9 Å². The minimum atomic E-state index is -0.692. The summed E-state index contributed by atoms with van der Waals surface area (Å²) in [5, 5.41) is 9.73. The number of benzene rings is 1. The fraction of sp³-hybridized carbons (Fsp3) is 0.273. The summed E-state index contributed by atoms with van der Waals surface area (Å²) >= 11 is 3.41. The van der Waals surface area contributed by atoms with Crippen molar-refractivity contribution in [3.63, 3.8) is 0 Å². The Labute approximate surface area is 92.3 Å². The molecule has 1 aromatic rings. The molecule has 3 heteroatoms. The number of hydrogen-bond acceptors (Lipinski definition) is 2. The Balaban J connectivity index is 3.34. The number of aliphatic hydroxyl groups excluding tert-OH is 1. The van der Waals surface area contributed by atoms with Gasteiger partial charge in [-0.25, -0.2) is 0 Å². The molecule has 76 valence electrons. The van der Waals surface area contributed by atoms with E-state index in [2.05, 4.69) is 22.5 Å². The van der Waals surface area contributed by atoms with E-state index < -0.39 is 6.10 Å². The summed E-state index contributed by atoms with van der Waals surface area (Å²) in [5.74, 6) is 0.679. The van der Waals surface area contributed by atoms with Gasteiger partial charge in [-0.2, -0.15) is 0 Å². The summed E-state index contributed by atoms with van der Waals surface area (Å²) in [5.41, 5.74) is 1.73. The predicted octanol–water partition coefficient (Wildman–Crippen LogP) is 2.99. The minimum absolute atomic E-state index is 0.679. The third-order valence-corrected chi connectivity index (χ3v) is 3.01.